The number of aliphatic hydroxyl groups is 2. The van der Waals surface area contributed by atoms with Crippen molar-refractivity contribution in [1.29, 1.82) is 0 Å². The molecule has 2 unspecified atom stereocenters. The van der Waals surface area contributed by atoms with Gasteiger partial charge in [-0.15, -0.1) is 0 Å². The second kappa shape index (κ2) is 9.86. The average Bonchev–Trinajstić information content (AvgIpc) is 3.41. The summed E-state index contributed by atoms with van der Waals surface area (Å²) in [6.07, 6.45) is 10.8. The minimum atomic E-state index is -0.999. The Morgan fingerprint density at radius 1 is 1.11 bits per heavy atom. The monoisotopic (exact) mass is 510 g/mol. The molecule has 200 valence electrons. The number of carbonyl (C=O) groups excluding carboxylic acids is 4. The molecule has 2 amide bonds. The summed E-state index contributed by atoms with van der Waals surface area (Å²) in [4.78, 5) is 51.2. The molecule has 8 heteroatoms. The number of fused-ring (bicyclic) bond motifs is 7. The second-order valence-electron chi connectivity index (χ2n) is 11.7. The molecule has 2 bridgehead atoms. The highest BCUT2D eigenvalue weighted by Gasteiger charge is 2.66. The van der Waals surface area contributed by atoms with Crippen LogP contribution in [-0.4, -0.2) is 51.8 Å². The van der Waals surface area contributed by atoms with Crippen LogP contribution in [0.4, 0.5) is 0 Å². The predicted molar refractivity (Wildman–Crippen MR) is 136 cm³/mol. The normalized spacial score (nSPS) is 46.0. The molecule has 3 saturated carbocycles. The van der Waals surface area contributed by atoms with Gasteiger partial charge in [0.1, 0.15) is 17.1 Å². The van der Waals surface area contributed by atoms with Crippen LogP contribution in [0, 0.1) is 41.4 Å². The Morgan fingerprint density at radius 3 is 2.65 bits per heavy atom. The van der Waals surface area contributed by atoms with Crippen molar-refractivity contribution in [2.24, 2.45) is 41.4 Å². The molecular formula is C29H38N2O6. The number of hydrogen-bond donors (Lipinski definition) is 4. The zero-order valence-corrected chi connectivity index (χ0v) is 21.6. The number of ketones is 2. The maximum Gasteiger partial charge on any atom is 0.259 e. The molecule has 4 fully saturated rings. The SMILES string of the molecule is CC[C@H]1C[C@@H]2C[C@@H]3[C@H]4C/C=C\C(=O)NCCCC5NC(=O)/C(=C(O)/C=C/[C@@H]4CC(=O)[C@H]3C2(O)[C@H]1C)C5=O. The molecule has 0 aromatic carbocycles. The van der Waals surface area contributed by atoms with Crippen molar-refractivity contribution in [3.8, 4) is 0 Å². The summed E-state index contributed by atoms with van der Waals surface area (Å²) >= 11 is 0. The van der Waals surface area contributed by atoms with E-state index in [1.807, 2.05) is 6.08 Å². The summed E-state index contributed by atoms with van der Waals surface area (Å²) < 4.78 is 0. The van der Waals surface area contributed by atoms with Crippen LogP contribution >= 0.6 is 0 Å². The lowest BCUT2D eigenvalue weighted by molar-refractivity contribution is -0.145. The fourth-order valence-corrected chi connectivity index (χ4v) is 8.20. The molecule has 5 rings (SSSR count). The molecule has 3 aliphatic carbocycles. The van der Waals surface area contributed by atoms with Gasteiger partial charge in [-0.05, 0) is 79.8 Å². The largest absolute Gasteiger partial charge is 0.507 e. The van der Waals surface area contributed by atoms with Gasteiger partial charge in [0.05, 0.1) is 17.6 Å². The molecule has 0 spiro atoms. The van der Waals surface area contributed by atoms with E-state index >= 15 is 0 Å². The summed E-state index contributed by atoms with van der Waals surface area (Å²) in [6, 6.07) is -0.726. The third-order valence-electron chi connectivity index (χ3n) is 10.1. The Labute approximate surface area is 217 Å². The van der Waals surface area contributed by atoms with E-state index in [0.29, 0.717) is 31.7 Å². The maximum atomic E-state index is 13.6. The molecule has 0 aromatic heterocycles. The standard InChI is InChI=1S/C29H38N2O6/c1-3-16-12-18-14-20-19-6-4-8-24(34)30-11-5-7-21-27(35)25(28(36)31-21)22(32)10-9-17(19)13-23(33)26(20)29(18,37)15(16)2/h4,8-10,15-21,26,32,37H,3,5-7,11-14H2,1-2H3,(H,30,34)(H,31,36)/b8-4-,10-9+,25-22-/t15-,16-,17+,18+,19-,20+,21?,26-,29?/m0/s1. The molecular weight excluding hydrogens is 472 g/mol. The van der Waals surface area contributed by atoms with Gasteiger partial charge in [-0.25, -0.2) is 0 Å². The van der Waals surface area contributed by atoms with Gasteiger partial charge in [0.25, 0.3) is 5.91 Å². The highest BCUT2D eigenvalue weighted by molar-refractivity contribution is 6.27. The van der Waals surface area contributed by atoms with E-state index in [1.165, 1.54) is 12.2 Å². The first kappa shape index (κ1) is 25.9. The molecule has 0 radical (unpaired) electrons. The first-order valence-corrected chi connectivity index (χ1v) is 13.8. The van der Waals surface area contributed by atoms with E-state index in [-0.39, 0.29) is 59.0 Å². The maximum absolute atomic E-state index is 13.6. The van der Waals surface area contributed by atoms with Crippen LogP contribution < -0.4 is 10.6 Å². The number of hydrogen-bond acceptors (Lipinski definition) is 6. The Morgan fingerprint density at radius 2 is 1.89 bits per heavy atom. The van der Waals surface area contributed by atoms with Crippen LogP contribution in [0.2, 0.25) is 0 Å². The zero-order valence-electron chi connectivity index (χ0n) is 21.6. The van der Waals surface area contributed by atoms with Gasteiger partial charge in [0.15, 0.2) is 5.78 Å². The molecule has 1 saturated heterocycles. The third-order valence-corrected chi connectivity index (χ3v) is 10.1. The average molecular weight is 511 g/mol. The van der Waals surface area contributed by atoms with Crippen molar-refractivity contribution >= 4 is 23.4 Å². The van der Waals surface area contributed by atoms with Crippen molar-refractivity contribution in [1.82, 2.24) is 10.6 Å². The summed E-state index contributed by atoms with van der Waals surface area (Å²) in [5, 5.41) is 28.1. The smallest absolute Gasteiger partial charge is 0.259 e. The lowest BCUT2D eigenvalue weighted by Crippen LogP contribution is -2.51. The Bertz CT molecular complexity index is 1090. The Hall–Kier alpha value is -2.74. The molecule has 5 aliphatic rings. The van der Waals surface area contributed by atoms with Crippen LogP contribution in [0.25, 0.3) is 0 Å². The molecule has 9 atom stereocenters. The fourth-order valence-electron chi connectivity index (χ4n) is 8.20. The number of amides is 2. The molecule has 2 aliphatic heterocycles. The van der Waals surface area contributed by atoms with Crippen molar-refractivity contribution in [3.05, 3.63) is 35.6 Å². The second-order valence-corrected chi connectivity index (χ2v) is 11.7. The lowest BCUT2D eigenvalue weighted by atomic mass is 9.61. The van der Waals surface area contributed by atoms with Gasteiger partial charge < -0.3 is 20.8 Å². The Kier molecular flexibility index (Phi) is 6.90. The van der Waals surface area contributed by atoms with Gasteiger partial charge in [0, 0.05) is 13.0 Å². The van der Waals surface area contributed by atoms with Crippen molar-refractivity contribution in [2.75, 3.05) is 6.54 Å². The van der Waals surface area contributed by atoms with Gasteiger partial charge in [0.2, 0.25) is 5.91 Å². The van der Waals surface area contributed by atoms with Crippen LogP contribution in [-0.2, 0) is 19.2 Å². The number of aliphatic hydroxyl groups excluding tert-OH is 1. The zero-order chi connectivity index (χ0) is 26.5. The van der Waals surface area contributed by atoms with Crippen molar-refractivity contribution in [3.63, 3.8) is 0 Å². The lowest BCUT2D eigenvalue weighted by Gasteiger charge is -2.44. The minimum absolute atomic E-state index is 0.0172. The van der Waals surface area contributed by atoms with Crippen LogP contribution in [0.15, 0.2) is 35.6 Å². The Balaban J connectivity index is 1.49. The quantitative estimate of drug-likeness (QED) is 0.401. The highest BCUT2D eigenvalue weighted by atomic mass is 16.3. The minimum Gasteiger partial charge on any atom is -0.507 e. The van der Waals surface area contributed by atoms with E-state index < -0.39 is 29.3 Å². The summed E-state index contributed by atoms with van der Waals surface area (Å²) in [5.74, 6) is -1.80. The van der Waals surface area contributed by atoms with E-state index in [1.54, 1.807) is 6.08 Å². The van der Waals surface area contributed by atoms with Gasteiger partial charge in [-0.1, -0.05) is 32.4 Å². The molecule has 8 nitrogen and oxygen atoms in total. The first-order valence-electron chi connectivity index (χ1n) is 13.8. The summed E-state index contributed by atoms with van der Waals surface area (Å²) in [5.41, 5.74) is -1.25. The number of Topliss-reactive ketones (excluding diaryl/α,β-unsaturated/α-hetero) is 2. The summed E-state index contributed by atoms with van der Waals surface area (Å²) in [7, 11) is 0. The number of rotatable bonds is 1. The van der Waals surface area contributed by atoms with Crippen LogP contribution in [0.5, 0.6) is 0 Å². The van der Waals surface area contributed by atoms with E-state index in [2.05, 4.69) is 24.5 Å². The molecule has 37 heavy (non-hydrogen) atoms. The molecule has 2 heterocycles. The highest BCUT2D eigenvalue weighted by Crippen LogP contribution is 2.63. The van der Waals surface area contributed by atoms with Gasteiger partial charge >= 0.3 is 0 Å². The van der Waals surface area contributed by atoms with Crippen LogP contribution in [0.1, 0.15) is 58.8 Å². The summed E-state index contributed by atoms with van der Waals surface area (Å²) in [6.45, 7) is 4.59. The number of carbonyl (C=O) groups is 4. The van der Waals surface area contributed by atoms with Gasteiger partial charge in [-0.2, -0.15) is 0 Å². The first-order chi connectivity index (χ1) is 17.7. The van der Waals surface area contributed by atoms with Gasteiger partial charge in [-0.3, -0.25) is 19.2 Å². The van der Waals surface area contributed by atoms with Crippen LogP contribution in [0.3, 0.4) is 0 Å². The third kappa shape index (κ3) is 4.27. The number of allylic oxidation sites excluding steroid dienone is 3. The van der Waals surface area contributed by atoms with E-state index in [4.69, 9.17) is 0 Å². The number of nitrogens with one attached hydrogen (secondary N) is 2. The van der Waals surface area contributed by atoms with E-state index in [0.717, 1.165) is 19.3 Å². The predicted octanol–water partition coefficient (Wildman–Crippen LogP) is 2.53. The van der Waals surface area contributed by atoms with Crippen molar-refractivity contribution < 1.29 is 29.4 Å². The fraction of sp³-hybridized carbons (Fsp3) is 0.655. The van der Waals surface area contributed by atoms with Crippen molar-refractivity contribution in [2.45, 2.75) is 70.4 Å². The topological polar surface area (TPSA) is 133 Å². The molecule has 0 aromatic rings. The van der Waals surface area contributed by atoms with E-state index in [9.17, 15) is 29.4 Å². The molecule has 4 N–H and O–H groups in total.